The largest absolute Gasteiger partial charge is 0.481 e. The molecule has 11 atom stereocenters. The van der Waals surface area contributed by atoms with Gasteiger partial charge in [-0.1, -0.05) is 64.4 Å². The molecule has 0 saturated heterocycles. The third-order valence-electron chi connectivity index (χ3n) is 14.5. The van der Waals surface area contributed by atoms with Gasteiger partial charge in [0.15, 0.2) is 0 Å². The van der Waals surface area contributed by atoms with Crippen molar-refractivity contribution in [2.45, 2.75) is 184 Å². The summed E-state index contributed by atoms with van der Waals surface area (Å²) in [5.74, 6) is -11.6. The van der Waals surface area contributed by atoms with Crippen molar-refractivity contribution in [3.8, 4) is 0 Å². The number of unbranched alkanes of at least 4 members (excludes halogenated alkanes) is 3. The van der Waals surface area contributed by atoms with Crippen LogP contribution in [-0.4, -0.2) is 181 Å². The molecular formula is C58H93N17O13S. The number of hydrogen-bond donors (Lipinski definition) is 18. The molecule has 30 nitrogen and oxygen atoms in total. The predicted octanol–water partition coefficient (Wildman–Crippen LogP) is -2.18. The fourth-order valence-electron chi connectivity index (χ4n) is 9.30. The number of nitrogens with zero attached hydrogens (tertiary/aromatic N) is 2. The number of benzene rings is 1. The average Bonchev–Trinajstić information content (AvgIpc) is 3.30. The molecule has 31 heteroatoms. The van der Waals surface area contributed by atoms with Crippen LogP contribution in [-0.2, 0) is 72.0 Å². The van der Waals surface area contributed by atoms with Crippen LogP contribution in [0.1, 0.15) is 122 Å². The second kappa shape index (κ2) is 40.5. The summed E-state index contributed by atoms with van der Waals surface area (Å²) in [5.41, 5.74) is 25.0. The molecule has 2 heterocycles. The molecule has 0 aliphatic rings. The minimum Gasteiger partial charge on any atom is -0.481 e. The summed E-state index contributed by atoms with van der Waals surface area (Å²) in [6, 6.07) is -4.87. The lowest BCUT2D eigenvalue weighted by atomic mass is 9.97. The van der Waals surface area contributed by atoms with Gasteiger partial charge in [0.1, 0.15) is 54.4 Å². The normalized spacial score (nSPS) is 14.9. The number of thiol groups is 1. The first-order valence-electron chi connectivity index (χ1n) is 30.1. The maximum absolute atomic E-state index is 14.5. The van der Waals surface area contributed by atoms with Crippen LogP contribution in [0, 0.1) is 11.8 Å². The van der Waals surface area contributed by atoms with Crippen molar-refractivity contribution in [3.05, 3.63) is 72.3 Å². The van der Waals surface area contributed by atoms with Gasteiger partial charge in [-0.15, -0.1) is 0 Å². The number of rotatable bonds is 44. The zero-order valence-corrected chi connectivity index (χ0v) is 52.0. The maximum Gasteiger partial charge on any atom is 0.326 e. The zero-order valence-electron chi connectivity index (χ0n) is 51.1. The quantitative estimate of drug-likeness (QED) is 0.0211. The van der Waals surface area contributed by atoms with Crippen molar-refractivity contribution < 1.29 is 63.0 Å². The Bertz CT molecular complexity index is 2710. The van der Waals surface area contributed by atoms with E-state index in [1.54, 1.807) is 58.0 Å². The molecule has 0 radical (unpaired) electrons. The Morgan fingerprint density at radius 1 is 0.506 bits per heavy atom. The summed E-state index contributed by atoms with van der Waals surface area (Å²) in [6.45, 7) is 7.72. The number of aliphatic carboxylic acids is 2. The smallest absolute Gasteiger partial charge is 0.326 e. The molecule has 9 amide bonds. The summed E-state index contributed by atoms with van der Waals surface area (Å²) in [5, 5.41) is 43.2. The highest BCUT2D eigenvalue weighted by atomic mass is 32.1. The van der Waals surface area contributed by atoms with Gasteiger partial charge in [-0.3, -0.25) is 47.9 Å². The van der Waals surface area contributed by atoms with E-state index >= 15 is 0 Å². The van der Waals surface area contributed by atoms with Crippen molar-refractivity contribution >= 4 is 77.7 Å². The molecule has 0 aliphatic carbocycles. The number of H-pyrrole nitrogens is 2. The second-order valence-corrected chi connectivity index (χ2v) is 22.7. The number of carbonyl (C=O) groups is 11. The maximum atomic E-state index is 14.5. The van der Waals surface area contributed by atoms with E-state index in [0.717, 1.165) is 5.56 Å². The van der Waals surface area contributed by atoms with E-state index in [1.165, 1.54) is 25.0 Å². The lowest BCUT2D eigenvalue weighted by Crippen LogP contribution is -2.61. The second-order valence-electron chi connectivity index (χ2n) is 22.3. The van der Waals surface area contributed by atoms with E-state index < -0.39 is 138 Å². The summed E-state index contributed by atoms with van der Waals surface area (Å²) in [4.78, 5) is 165. The van der Waals surface area contributed by atoms with Crippen molar-refractivity contribution in [2.75, 3.05) is 25.4 Å². The Balaban J connectivity index is 1.89. The van der Waals surface area contributed by atoms with E-state index in [4.69, 9.17) is 22.9 Å². The van der Waals surface area contributed by atoms with Crippen molar-refractivity contribution in [3.63, 3.8) is 0 Å². The van der Waals surface area contributed by atoms with E-state index in [2.05, 4.69) is 80.4 Å². The number of hydrogen-bond acceptors (Lipinski definition) is 18. The minimum absolute atomic E-state index is 0.0111. The molecule has 494 valence electrons. The lowest BCUT2D eigenvalue weighted by Gasteiger charge is -2.29. The van der Waals surface area contributed by atoms with Crippen LogP contribution in [0.5, 0.6) is 0 Å². The number of carbonyl (C=O) groups excluding carboxylic acids is 9. The highest BCUT2D eigenvalue weighted by molar-refractivity contribution is 7.80. The molecule has 3 aromatic rings. The fourth-order valence-corrected chi connectivity index (χ4v) is 9.55. The van der Waals surface area contributed by atoms with Gasteiger partial charge in [0.25, 0.3) is 0 Å². The van der Waals surface area contributed by atoms with Gasteiger partial charge in [0.2, 0.25) is 53.2 Å². The molecule has 21 N–H and O–H groups in total. The standard InChI is InChI=1S/C58H93N17O13S/c1-5-34(4)48(57(86)69-41(58(87)88)19-11-14-22-61)75-56(85)46(30-89)74-54(83)44(26-37-29-64-32-66-37)72-51(80)40(18-10-13-21-60)67-50(79)39(17-9-12-20-59)68-52(81)42(23-33(2)3)71-55(84)45(27-47(76)77)73-53(82)43(25-36-28-63-31-65-36)70-49(78)38(62)24-35-15-7-6-8-16-35/h6-8,15-16,28-29,31-34,38-46,48,89H,5,9-14,17-27,30,59-62H2,1-4H3,(H,63,65)(H,64,66)(H,67,79)(H,68,81)(H,69,86)(H,70,78)(H,71,84)(H,72,80)(H,73,82)(H,74,83)(H,75,85)(H,76,77)(H,87,88)/t34-,38-,39-,40-,41-,42-,43-,44-,45-,46-,48-/m0/s1. The molecule has 0 bridgehead atoms. The highest BCUT2D eigenvalue weighted by Crippen LogP contribution is 2.14. The van der Waals surface area contributed by atoms with Crippen LogP contribution in [0.15, 0.2) is 55.4 Å². The van der Waals surface area contributed by atoms with Gasteiger partial charge in [-0.05, 0) is 108 Å². The van der Waals surface area contributed by atoms with E-state index in [-0.39, 0.29) is 69.7 Å². The minimum atomic E-state index is -1.80. The van der Waals surface area contributed by atoms with Gasteiger partial charge in [-0.25, -0.2) is 14.8 Å². The highest BCUT2D eigenvalue weighted by Gasteiger charge is 2.37. The first kappa shape index (κ1) is 75.3. The summed E-state index contributed by atoms with van der Waals surface area (Å²) in [7, 11) is 0. The number of imidazole rings is 2. The predicted molar refractivity (Wildman–Crippen MR) is 331 cm³/mol. The van der Waals surface area contributed by atoms with Crippen LogP contribution in [0.4, 0.5) is 0 Å². The van der Waals surface area contributed by atoms with Crippen LogP contribution in [0.25, 0.3) is 0 Å². The molecule has 0 spiro atoms. The van der Waals surface area contributed by atoms with Gasteiger partial charge in [0.05, 0.1) is 25.1 Å². The van der Waals surface area contributed by atoms with E-state index in [0.29, 0.717) is 62.9 Å². The molecule has 1 aromatic carbocycles. The molecule has 0 fully saturated rings. The number of aromatic amines is 2. The molecule has 0 unspecified atom stereocenters. The number of aromatic nitrogens is 4. The van der Waals surface area contributed by atoms with Gasteiger partial charge >= 0.3 is 11.9 Å². The van der Waals surface area contributed by atoms with Crippen molar-refractivity contribution in [2.24, 2.45) is 34.8 Å². The molecule has 89 heavy (non-hydrogen) atoms. The van der Waals surface area contributed by atoms with Crippen LogP contribution in [0.3, 0.4) is 0 Å². The lowest BCUT2D eigenvalue weighted by molar-refractivity contribution is -0.143. The summed E-state index contributed by atoms with van der Waals surface area (Å²) >= 11 is 4.31. The number of carboxylic acid groups (broad SMARTS) is 2. The Kier molecular flexibility index (Phi) is 34.3. The number of carboxylic acids is 2. The molecule has 3 rings (SSSR count). The SMILES string of the molecule is CC[C@H](C)[C@H](NC(=O)[C@H](CS)NC(=O)[C@H](Cc1cnc[nH]1)NC(=O)[C@H](CCCCN)NC(=O)[C@H](CCCCN)NC(=O)[C@H](CC(C)C)NC(=O)[C@H](CC(=O)O)NC(=O)[C@H](Cc1cnc[nH]1)NC(=O)[C@@H](N)Cc1ccccc1)C(=O)N[C@@H](CCCCN)C(=O)O. The van der Waals surface area contributed by atoms with Gasteiger partial charge in [-0.2, -0.15) is 12.6 Å². The van der Waals surface area contributed by atoms with Crippen LogP contribution in [0.2, 0.25) is 0 Å². The third kappa shape index (κ3) is 27.5. The fraction of sp³-hybridized carbons (Fsp3) is 0.603. The Hall–Kier alpha value is -8.00. The topological polar surface area (TPSA) is 498 Å². The van der Waals surface area contributed by atoms with Crippen LogP contribution < -0.4 is 70.8 Å². The summed E-state index contributed by atoms with van der Waals surface area (Å²) < 4.78 is 0. The first-order chi connectivity index (χ1) is 42.4. The first-order valence-corrected chi connectivity index (χ1v) is 30.7. The zero-order chi connectivity index (χ0) is 66.0. The van der Waals surface area contributed by atoms with Crippen LogP contribution >= 0.6 is 12.6 Å². The number of nitrogens with two attached hydrogens (primary N) is 4. The molecule has 0 aliphatic heterocycles. The number of nitrogens with one attached hydrogen (secondary N) is 11. The molecular weight excluding hydrogens is 1170 g/mol. The monoisotopic (exact) mass is 1270 g/mol. The van der Waals surface area contributed by atoms with Gasteiger partial charge in [0, 0.05) is 42.4 Å². The molecule has 2 aromatic heterocycles. The summed E-state index contributed by atoms with van der Waals surface area (Å²) in [6.07, 6.45) is 7.11. The van der Waals surface area contributed by atoms with Crippen molar-refractivity contribution in [1.82, 2.24) is 67.8 Å². The average molecular weight is 1270 g/mol. The Morgan fingerprint density at radius 3 is 1.35 bits per heavy atom. The third-order valence-corrected chi connectivity index (χ3v) is 14.9. The van der Waals surface area contributed by atoms with E-state index in [1.807, 2.05) is 0 Å². The Morgan fingerprint density at radius 2 is 0.910 bits per heavy atom. The number of amides is 9. The van der Waals surface area contributed by atoms with Gasteiger partial charge < -0.3 is 91.0 Å². The molecule has 0 saturated carbocycles. The van der Waals surface area contributed by atoms with E-state index in [9.17, 15) is 63.0 Å². The Labute approximate surface area is 523 Å². The van der Waals surface area contributed by atoms with Crippen molar-refractivity contribution in [1.29, 1.82) is 0 Å².